The highest BCUT2D eigenvalue weighted by atomic mass is 16.5. The molecule has 0 unspecified atom stereocenters. The van der Waals surface area contributed by atoms with E-state index < -0.39 is 0 Å². The maximum absolute atomic E-state index is 12.7. The fraction of sp³-hybridized carbons (Fsp3) is 0.953. The molecule has 6 nitrogen and oxygen atoms in total. The Morgan fingerprint density at radius 1 is 0.429 bits per heavy atom. The Labute approximate surface area is 307 Å². The summed E-state index contributed by atoms with van der Waals surface area (Å²) >= 11 is 0. The van der Waals surface area contributed by atoms with E-state index in [1.807, 2.05) is 0 Å². The number of rotatable bonds is 40. The van der Waals surface area contributed by atoms with Crippen molar-refractivity contribution in [3.63, 3.8) is 0 Å². The van der Waals surface area contributed by atoms with E-state index in [9.17, 15) is 9.59 Å². The van der Waals surface area contributed by atoms with Crippen LogP contribution in [0.1, 0.15) is 227 Å². The predicted molar refractivity (Wildman–Crippen MR) is 213 cm³/mol. The maximum atomic E-state index is 12.7. The zero-order valence-electron chi connectivity index (χ0n) is 33.8. The van der Waals surface area contributed by atoms with Gasteiger partial charge < -0.3 is 9.64 Å². The van der Waals surface area contributed by atoms with Gasteiger partial charge in [-0.1, -0.05) is 169 Å². The molecule has 1 N–H and O–H groups in total. The van der Waals surface area contributed by atoms with Crippen LogP contribution in [0.5, 0.6) is 0 Å². The van der Waals surface area contributed by atoms with Crippen molar-refractivity contribution in [2.24, 2.45) is 0 Å². The van der Waals surface area contributed by atoms with E-state index in [0.717, 1.165) is 71.2 Å². The fourth-order valence-corrected chi connectivity index (χ4v) is 6.65. The molecule has 292 valence electrons. The number of amides is 1. The lowest BCUT2D eigenvalue weighted by Crippen LogP contribution is -2.43. The first kappa shape index (κ1) is 47.9. The topological polar surface area (TPSA) is 61.9 Å². The van der Waals surface area contributed by atoms with Crippen molar-refractivity contribution < 1.29 is 14.3 Å². The summed E-state index contributed by atoms with van der Waals surface area (Å²) in [6.07, 6.45) is 37.3. The van der Waals surface area contributed by atoms with E-state index in [0.29, 0.717) is 19.4 Å². The van der Waals surface area contributed by atoms with Crippen LogP contribution in [-0.4, -0.2) is 61.1 Å². The molecule has 0 rings (SSSR count). The fourth-order valence-electron chi connectivity index (χ4n) is 6.65. The van der Waals surface area contributed by atoms with Crippen molar-refractivity contribution in [2.45, 2.75) is 227 Å². The van der Waals surface area contributed by atoms with E-state index in [1.54, 1.807) is 0 Å². The lowest BCUT2D eigenvalue weighted by Gasteiger charge is -2.23. The third-order valence-electron chi connectivity index (χ3n) is 10.0. The molecule has 1 amide bonds. The van der Waals surface area contributed by atoms with Crippen LogP contribution in [0.2, 0.25) is 0 Å². The largest absolute Gasteiger partial charge is 0.466 e. The highest BCUT2D eigenvalue weighted by molar-refractivity contribution is 5.75. The SMILES string of the molecule is CCCCCCCCCCCOC(=O)CCCCCN(CC)CCCCCCCC(=O)NN(CCCCCCCC)CCCCCCCC. The predicted octanol–water partition coefficient (Wildman–Crippen LogP) is 12.3. The molecule has 0 heterocycles. The second-order valence-electron chi connectivity index (χ2n) is 14.9. The van der Waals surface area contributed by atoms with Gasteiger partial charge in [-0.2, -0.15) is 0 Å². The number of carbonyl (C=O) groups is 2. The summed E-state index contributed by atoms with van der Waals surface area (Å²) in [5.41, 5.74) is 3.27. The smallest absolute Gasteiger partial charge is 0.305 e. The normalized spacial score (nSPS) is 11.6. The molecule has 0 saturated carbocycles. The summed E-state index contributed by atoms with van der Waals surface area (Å²) in [5, 5.41) is 2.23. The van der Waals surface area contributed by atoms with Crippen LogP contribution in [-0.2, 0) is 14.3 Å². The van der Waals surface area contributed by atoms with Crippen molar-refractivity contribution in [1.82, 2.24) is 15.3 Å². The summed E-state index contributed by atoms with van der Waals surface area (Å²) in [6.45, 7) is 15.0. The Bertz CT molecular complexity index is 673. The van der Waals surface area contributed by atoms with Crippen LogP contribution >= 0.6 is 0 Å². The van der Waals surface area contributed by atoms with Gasteiger partial charge in [0.25, 0.3) is 0 Å². The van der Waals surface area contributed by atoms with Gasteiger partial charge in [0.05, 0.1) is 6.61 Å². The van der Waals surface area contributed by atoms with Gasteiger partial charge in [-0.3, -0.25) is 15.0 Å². The summed E-state index contributed by atoms with van der Waals surface area (Å²) in [4.78, 5) is 27.4. The average molecular weight is 694 g/mol. The lowest BCUT2D eigenvalue weighted by molar-refractivity contribution is -0.143. The molecule has 0 aliphatic carbocycles. The highest BCUT2D eigenvalue weighted by Crippen LogP contribution is 2.12. The van der Waals surface area contributed by atoms with E-state index in [-0.39, 0.29) is 11.9 Å². The molecule has 49 heavy (non-hydrogen) atoms. The van der Waals surface area contributed by atoms with Gasteiger partial charge in [-0.25, -0.2) is 5.01 Å². The molecule has 0 aromatic carbocycles. The molecule has 0 aliphatic rings. The minimum atomic E-state index is -0.0111. The van der Waals surface area contributed by atoms with Gasteiger partial charge in [-0.15, -0.1) is 0 Å². The molecule has 0 radical (unpaired) electrons. The number of hydrogen-bond acceptors (Lipinski definition) is 5. The summed E-state index contributed by atoms with van der Waals surface area (Å²) < 4.78 is 5.46. The first-order valence-electron chi connectivity index (χ1n) is 22.0. The molecule has 0 aromatic heterocycles. The summed E-state index contributed by atoms with van der Waals surface area (Å²) in [7, 11) is 0. The second kappa shape index (κ2) is 39.6. The number of hydrazine groups is 1. The standard InChI is InChI=1S/C43H87N3O3/c1-5-9-12-15-18-19-20-26-34-41-49-43(48)36-29-27-31-38-45(8-4)37-30-23-21-22-28-35-42(47)44-46(39-32-24-16-13-10-6-2)40-33-25-17-14-11-7-3/h5-41H2,1-4H3,(H,44,47). The molecular weight excluding hydrogens is 606 g/mol. The number of ether oxygens (including phenoxy) is 1. The maximum Gasteiger partial charge on any atom is 0.305 e. The van der Waals surface area contributed by atoms with E-state index >= 15 is 0 Å². The van der Waals surface area contributed by atoms with E-state index in [4.69, 9.17) is 4.74 Å². The first-order chi connectivity index (χ1) is 24.1. The number of unbranched alkanes of at least 4 members (excludes halogenated alkanes) is 24. The molecule has 0 aliphatic heterocycles. The quantitative estimate of drug-likeness (QED) is 0.0393. The van der Waals surface area contributed by atoms with Crippen molar-refractivity contribution in [1.29, 1.82) is 0 Å². The minimum absolute atomic E-state index is 0.0111. The number of esters is 1. The minimum Gasteiger partial charge on any atom is -0.466 e. The highest BCUT2D eigenvalue weighted by Gasteiger charge is 2.10. The van der Waals surface area contributed by atoms with Crippen LogP contribution in [0.25, 0.3) is 0 Å². The van der Waals surface area contributed by atoms with Gasteiger partial charge in [0.1, 0.15) is 0 Å². The van der Waals surface area contributed by atoms with Gasteiger partial charge in [-0.05, 0) is 64.6 Å². The Balaban J connectivity index is 3.86. The Kier molecular flexibility index (Phi) is 38.7. The Hall–Kier alpha value is -1.14. The van der Waals surface area contributed by atoms with Gasteiger partial charge in [0.15, 0.2) is 0 Å². The Morgan fingerprint density at radius 2 is 0.796 bits per heavy atom. The molecular formula is C43H87N3O3. The van der Waals surface area contributed by atoms with E-state index in [2.05, 4.69) is 43.0 Å². The lowest BCUT2D eigenvalue weighted by atomic mass is 10.1. The summed E-state index contributed by atoms with van der Waals surface area (Å²) in [5.74, 6) is 0.198. The number of nitrogens with one attached hydrogen (secondary N) is 1. The molecule has 0 fully saturated rings. The van der Waals surface area contributed by atoms with Crippen LogP contribution in [0, 0.1) is 0 Å². The van der Waals surface area contributed by atoms with Gasteiger partial charge in [0, 0.05) is 25.9 Å². The average Bonchev–Trinajstić information content (AvgIpc) is 3.10. The van der Waals surface area contributed by atoms with Gasteiger partial charge >= 0.3 is 5.97 Å². The zero-order chi connectivity index (χ0) is 35.9. The monoisotopic (exact) mass is 694 g/mol. The number of hydrogen-bond donors (Lipinski definition) is 1. The summed E-state index contributed by atoms with van der Waals surface area (Å²) in [6, 6.07) is 0. The van der Waals surface area contributed by atoms with Crippen molar-refractivity contribution in [2.75, 3.05) is 39.3 Å². The molecule has 0 spiro atoms. The second-order valence-corrected chi connectivity index (χ2v) is 14.9. The van der Waals surface area contributed by atoms with Crippen LogP contribution in [0.15, 0.2) is 0 Å². The molecule has 6 heteroatoms. The van der Waals surface area contributed by atoms with E-state index in [1.165, 1.54) is 148 Å². The third-order valence-corrected chi connectivity index (χ3v) is 10.0. The molecule has 0 bridgehead atoms. The van der Waals surface area contributed by atoms with Crippen LogP contribution < -0.4 is 5.43 Å². The first-order valence-corrected chi connectivity index (χ1v) is 22.0. The number of carbonyl (C=O) groups excluding carboxylic acids is 2. The third kappa shape index (κ3) is 36.5. The van der Waals surface area contributed by atoms with Crippen molar-refractivity contribution in [3.05, 3.63) is 0 Å². The molecule has 0 atom stereocenters. The Morgan fingerprint density at radius 3 is 1.27 bits per heavy atom. The van der Waals surface area contributed by atoms with Crippen LogP contribution in [0.4, 0.5) is 0 Å². The van der Waals surface area contributed by atoms with Gasteiger partial charge in [0.2, 0.25) is 5.91 Å². The molecule has 0 aromatic rings. The van der Waals surface area contributed by atoms with Crippen LogP contribution in [0.3, 0.4) is 0 Å². The zero-order valence-corrected chi connectivity index (χ0v) is 33.8. The number of nitrogens with zero attached hydrogens (tertiary/aromatic N) is 2. The molecule has 0 saturated heterocycles. The van der Waals surface area contributed by atoms with Crippen molar-refractivity contribution >= 4 is 11.9 Å². The van der Waals surface area contributed by atoms with Crippen molar-refractivity contribution in [3.8, 4) is 0 Å².